The lowest BCUT2D eigenvalue weighted by Crippen LogP contribution is -2.23. The van der Waals surface area contributed by atoms with Crippen LogP contribution < -0.4 is 16.4 Å². The van der Waals surface area contributed by atoms with E-state index in [0.29, 0.717) is 26.6 Å². The van der Waals surface area contributed by atoms with E-state index in [-0.39, 0.29) is 5.91 Å². The Hall–Kier alpha value is -2.37. The highest BCUT2D eigenvalue weighted by molar-refractivity contribution is 8.02. The van der Waals surface area contributed by atoms with Crippen molar-refractivity contribution in [2.24, 2.45) is 5.73 Å². The number of nitrogens with one attached hydrogen (secondary N) is 2. The average Bonchev–Trinajstić information content (AvgIpc) is 3.34. The smallest absolute Gasteiger partial charge is 0.251 e. The Bertz CT molecular complexity index is 890. The summed E-state index contributed by atoms with van der Waals surface area (Å²) in [7, 11) is 0. The van der Waals surface area contributed by atoms with Gasteiger partial charge in [-0.15, -0.1) is 21.5 Å². The Morgan fingerprint density at radius 3 is 2.96 bits per heavy atom. The van der Waals surface area contributed by atoms with E-state index >= 15 is 0 Å². The third-order valence-corrected chi connectivity index (χ3v) is 6.11. The molecule has 136 valence electrons. The third kappa shape index (κ3) is 4.62. The molecule has 0 spiro atoms. The number of anilines is 2. The van der Waals surface area contributed by atoms with Crippen molar-refractivity contribution in [2.45, 2.75) is 23.1 Å². The zero-order valence-electron chi connectivity index (χ0n) is 13.6. The molecule has 3 rings (SSSR count). The molecule has 0 aliphatic heterocycles. The summed E-state index contributed by atoms with van der Waals surface area (Å²) in [6.07, 6.45) is 1.61. The van der Waals surface area contributed by atoms with Gasteiger partial charge < -0.3 is 20.8 Å². The molecule has 8 nitrogen and oxygen atoms in total. The number of primary amides is 1. The first kappa shape index (κ1) is 18.4. The Morgan fingerprint density at radius 2 is 2.23 bits per heavy atom. The molecule has 0 saturated heterocycles. The van der Waals surface area contributed by atoms with Gasteiger partial charge in [0.1, 0.15) is 10.8 Å². The van der Waals surface area contributed by atoms with Gasteiger partial charge in [0.2, 0.25) is 11.0 Å². The van der Waals surface area contributed by atoms with Crippen molar-refractivity contribution in [1.82, 2.24) is 10.2 Å². The van der Waals surface area contributed by atoms with Crippen molar-refractivity contribution < 1.29 is 14.0 Å². The number of thioether (sulfide) groups is 1. The van der Waals surface area contributed by atoms with Crippen LogP contribution in [0.15, 0.2) is 38.6 Å². The van der Waals surface area contributed by atoms with E-state index < -0.39 is 11.2 Å². The number of thiophene rings is 1. The molecular formula is C15H15N5O3S3. The van der Waals surface area contributed by atoms with Gasteiger partial charge in [0.05, 0.1) is 23.6 Å². The molecule has 0 bridgehead atoms. The number of carbonyl (C=O) groups is 2. The Kier molecular flexibility index (Phi) is 5.91. The lowest BCUT2D eigenvalue weighted by Gasteiger charge is -2.09. The first-order valence-electron chi connectivity index (χ1n) is 7.47. The fourth-order valence-corrected chi connectivity index (χ4v) is 4.61. The number of rotatable bonds is 8. The topological polar surface area (TPSA) is 123 Å². The number of furan rings is 1. The summed E-state index contributed by atoms with van der Waals surface area (Å²) in [5.74, 6) is -0.0122. The highest BCUT2D eigenvalue weighted by Gasteiger charge is 2.20. The highest BCUT2D eigenvalue weighted by atomic mass is 32.2. The molecule has 3 aromatic rings. The molecule has 0 unspecified atom stereocenters. The minimum Gasteiger partial charge on any atom is -0.467 e. The maximum Gasteiger partial charge on any atom is 0.251 e. The number of hydrogen-bond acceptors (Lipinski definition) is 9. The zero-order valence-corrected chi connectivity index (χ0v) is 16.0. The maximum absolute atomic E-state index is 12.3. The van der Waals surface area contributed by atoms with Crippen LogP contribution in [0.2, 0.25) is 0 Å². The number of amides is 2. The molecule has 0 aliphatic rings. The molecule has 26 heavy (non-hydrogen) atoms. The number of nitrogens with two attached hydrogens (primary N) is 1. The third-order valence-electron chi connectivity index (χ3n) is 3.21. The summed E-state index contributed by atoms with van der Waals surface area (Å²) in [6, 6.07) is 5.26. The molecule has 0 aliphatic carbocycles. The Labute approximate surface area is 161 Å². The normalized spacial score (nSPS) is 11.9. The quantitative estimate of drug-likeness (QED) is 0.489. The summed E-state index contributed by atoms with van der Waals surface area (Å²) in [5.41, 5.74) is 5.59. The van der Waals surface area contributed by atoms with Crippen LogP contribution in [0.4, 0.5) is 10.1 Å². The second kappa shape index (κ2) is 8.34. The van der Waals surface area contributed by atoms with E-state index in [0.717, 1.165) is 5.76 Å². The molecule has 11 heteroatoms. The predicted molar refractivity (Wildman–Crippen MR) is 103 cm³/mol. The minimum atomic E-state index is -0.571. The monoisotopic (exact) mass is 409 g/mol. The second-order valence-corrected chi connectivity index (χ2v) is 8.56. The summed E-state index contributed by atoms with van der Waals surface area (Å²) < 4.78 is 5.90. The lowest BCUT2D eigenvalue weighted by molar-refractivity contribution is -0.115. The number of nitrogens with zero attached hydrogens (tertiary/aromatic N) is 2. The van der Waals surface area contributed by atoms with Gasteiger partial charge in [-0.05, 0) is 30.5 Å². The second-order valence-electron chi connectivity index (χ2n) is 5.08. The van der Waals surface area contributed by atoms with Crippen LogP contribution in [0, 0.1) is 0 Å². The van der Waals surface area contributed by atoms with E-state index in [9.17, 15) is 9.59 Å². The van der Waals surface area contributed by atoms with E-state index in [2.05, 4.69) is 20.8 Å². The van der Waals surface area contributed by atoms with Gasteiger partial charge in [-0.1, -0.05) is 23.1 Å². The van der Waals surface area contributed by atoms with Crippen molar-refractivity contribution in [3.8, 4) is 0 Å². The van der Waals surface area contributed by atoms with E-state index in [4.69, 9.17) is 10.2 Å². The van der Waals surface area contributed by atoms with Crippen LogP contribution in [-0.4, -0.2) is 27.3 Å². The predicted octanol–water partition coefficient (Wildman–Crippen LogP) is 3.02. The van der Waals surface area contributed by atoms with Crippen molar-refractivity contribution in [2.75, 3.05) is 10.6 Å². The van der Waals surface area contributed by atoms with Gasteiger partial charge in [-0.3, -0.25) is 9.59 Å². The van der Waals surface area contributed by atoms with Gasteiger partial charge in [0.25, 0.3) is 5.91 Å². The van der Waals surface area contributed by atoms with Crippen molar-refractivity contribution in [3.05, 3.63) is 41.2 Å². The van der Waals surface area contributed by atoms with E-state index in [1.54, 1.807) is 24.6 Å². The van der Waals surface area contributed by atoms with Crippen LogP contribution >= 0.6 is 34.4 Å². The molecule has 3 aromatic heterocycles. The number of carbonyl (C=O) groups excluding carboxylic acids is 2. The van der Waals surface area contributed by atoms with Crippen molar-refractivity contribution in [1.29, 1.82) is 0 Å². The van der Waals surface area contributed by atoms with Crippen molar-refractivity contribution in [3.63, 3.8) is 0 Å². The van der Waals surface area contributed by atoms with Crippen molar-refractivity contribution >= 4 is 56.4 Å². The summed E-state index contributed by atoms with van der Waals surface area (Å²) in [5, 5.41) is 16.3. The van der Waals surface area contributed by atoms with Gasteiger partial charge in [-0.2, -0.15) is 0 Å². The molecule has 1 atom stereocenters. The largest absolute Gasteiger partial charge is 0.467 e. The fourth-order valence-electron chi connectivity index (χ4n) is 1.92. The van der Waals surface area contributed by atoms with Gasteiger partial charge >= 0.3 is 0 Å². The lowest BCUT2D eigenvalue weighted by atomic mass is 10.3. The molecular weight excluding hydrogens is 394 g/mol. The van der Waals surface area contributed by atoms with Gasteiger partial charge in [-0.25, -0.2) is 0 Å². The molecule has 2 amide bonds. The number of hydrogen-bond donors (Lipinski definition) is 3. The minimum absolute atomic E-state index is 0.236. The maximum atomic E-state index is 12.3. The van der Waals surface area contributed by atoms with Crippen LogP contribution in [-0.2, 0) is 11.3 Å². The molecule has 0 radical (unpaired) electrons. The summed E-state index contributed by atoms with van der Waals surface area (Å²) in [6.45, 7) is 2.27. The molecule has 0 fully saturated rings. The van der Waals surface area contributed by atoms with Gasteiger partial charge in [0.15, 0.2) is 4.34 Å². The van der Waals surface area contributed by atoms with Gasteiger partial charge in [0, 0.05) is 0 Å². The SMILES string of the molecule is C[C@H](Sc1nnc(NCc2ccco2)s1)C(=O)Nc1sccc1C(N)=O. The van der Waals surface area contributed by atoms with E-state index in [1.165, 1.54) is 34.4 Å². The van der Waals surface area contributed by atoms with E-state index in [1.807, 2.05) is 12.1 Å². The number of aromatic nitrogens is 2. The highest BCUT2D eigenvalue weighted by Crippen LogP contribution is 2.30. The fraction of sp³-hybridized carbons (Fsp3) is 0.200. The zero-order chi connectivity index (χ0) is 18.5. The molecule has 0 aromatic carbocycles. The Morgan fingerprint density at radius 1 is 1.38 bits per heavy atom. The van der Waals surface area contributed by atoms with Crippen LogP contribution in [0.1, 0.15) is 23.0 Å². The standard InChI is InChI=1S/C15H15N5O3S3/c1-8(12(22)18-13-10(11(16)21)4-6-24-13)25-15-20-19-14(26-15)17-7-9-3-2-5-23-9/h2-6,8H,7H2,1H3,(H2,16,21)(H,17,19)(H,18,22)/t8-/m0/s1. The van der Waals surface area contributed by atoms with Crippen LogP contribution in [0.3, 0.4) is 0 Å². The summed E-state index contributed by atoms with van der Waals surface area (Å²) in [4.78, 5) is 23.6. The molecule has 4 N–H and O–H groups in total. The first-order valence-corrected chi connectivity index (χ1v) is 10.0. The molecule has 0 saturated carbocycles. The first-order chi connectivity index (χ1) is 12.5. The molecule has 3 heterocycles. The average molecular weight is 410 g/mol. The summed E-state index contributed by atoms with van der Waals surface area (Å²) >= 11 is 3.90. The van der Waals surface area contributed by atoms with Crippen LogP contribution in [0.5, 0.6) is 0 Å². The Balaban J connectivity index is 1.54. The van der Waals surface area contributed by atoms with Crippen LogP contribution in [0.25, 0.3) is 0 Å².